The van der Waals surface area contributed by atoms with Gasteiger partial charge in [-0.25, -0.2) is 0 Å². The van der Waals surface area contributed by atoms with Crippen LogP contribution in [0.3, 0.4) is 0 Å². The van der Waals surface area contributed by atoms with E-state index >= 15 is 0 Å². The largest absolute Gasteiger partial charge is 0.480 e. The fourth-order valence-corrected chi connectivity index (χ4v) is 0.746. The Bertz CT molecular complexity index is 134. The van der Waals surface area contributed by atoms with Gasteiger partial charge in [-0.15, -0.1) is 0 Å². The van der Waals surface area contributed by atoms with Crippen LogP contribution in [0.2, 0.25) is 0 Å². The van der Waals surface area contributed by atoms with Crippen molar-refractivity contribution in [1.29, 1.82) is 0 Å². The lowest BCUT2D eigenvalue weighted by atomic mass is 10.2. The SMILES string of the molecule is C[C@@H]1C[C@@]1(N)C(=O)O. The van der Waals surface area contributed by atoms with Crippen LogP contribution in [0.15, 0.2) is 0 Å². The van der Waals surface area contributed by atoms with Crippen LogP contribution < -0.4 is 5.73 Å². The van der Waals surface area contributed by atoms with Crippen molar-refractivity contribution in [3.05, 3.63) is 0 Å². The second kappa shape index (κ2) is 1.23. The van der Waals surface area contributed by atoms with E-state index in [0.717, 1.165) is 0 Å². The van der Waals surface area contributed by atoms with Crippen LogP contribution in [0, 0.1) is 5.92 Å². The Labute approximate surface area is 47.5 Å². The van der Waals surface area contributed by atoms with Crippen molar-refractivity contribution >= 4 is 5.97 Å². The van der Waals surface area contributed by atoms with Gasteiger partial charge < -0.3 is 10.8 Å². The molecular weight excluding hydrogens is 106 g/mol. The highest BCUT2D eigenvalue weighted by atomic mass is 16.4. The van der Waals surface area contributed by atoms with Crippen LogP contribution in [0.5, 0.6) is 0 Å². The van der Waals surface area contributed by atoms with Gasteiger partial charge in [0.25, 0.3) is 0 Å². The molecule has 0 aliphatic heterocycles. The minimum Gasteiger partial charge on any atom is -0.480 e. The summed E-state index contributed by atoms with van der Waals surface area (Å²) >= 11 is 0. The maximum Gasteiger partial charge on any atom is 0.323 e. The number of rotatable bonds is 1. The topological polar surface area (TPSA) is 63.3 Å². The Balaban J connectivity index is 2.60. The van der Waals surface area contributed by atoms with Gasteiger partial charge >= 0.3 is 5.97 Å². The molecule has 3 N–H and O–H groups in total. The molecule has 0 aromatic carbocycles. The highest BCUT2D eigenvalue weighted by Gasteiger charge is 2.54. The van der Waals surface area contributed by atoms with Crippen LogP contribution in [-0.4, -0.2) is 16.6 Å². The molecule has 2 atom stereocenters. The molecule has 0 aromatic rings. The van der Waals surface area contributed by atoms with Gasteiger partial charge in [0.1, 0.15) is 5.54 Å². The second-order valence-electron chi connectivity index (χ2n) is 2.45. The van der Waals surface area contributed by atoms with Crippen molar-refractivity contribution in [3.63, 3.8) is 0 Å². The first-order chi connectivity index (χ1) is 3.57. The molecule has 0 heterocycles. The van der Waals surface area contributed by atoms with Gasteiger partial charge in [0.15, 0.2) is 0 Å². The Morgan fingerprint density at radius 1 is 2.00 bits per heavy atom. The highest BCUT2D eigenvalue weighted by Crippen LogP contribution is 2.40. The van der Waals surface area contributed by atoms with E-state index in [9.17, 15) is 4.79 Å². The molecule has 1 fully saturated rings. The molecule has 0 saturated heterocycles. The van der Waals surface area contributed by atoms with E-state index in [1.165, 1.54) is 0 Å². The molecular formula is C5H9NO2. The van der Waals surface area contributed by atoms with Gasteiger partial charge in [0.05, 0.1) is 0 Å². The van der Waals surface area contributed by atoms with E-state index in [1.807, 2.05) is 6.92 Å². The lowest BCUT2D eigenvalue weighted by Crippen LogP contribution is -2.34. The number of nitrogens with two attached hydrogens (primary N) is 1. The minimum atomic E-state index is -0.875. The molecule has 3 nitrogen and oxygen atoms in total. The molecule has 0 radical (unpaired) electrons. The fraction of sp³-hybridized carbons (Fsp3) is 0.800. The zero-order valence-corrected chi connectivity index (χ0v) is 4.72. The van der Waals surface area contributed by atoms with Crippen LogP contribution in [-0.2, 0) is 4.79 Å². The van der Waals surface area contributed by atoms with E-state index in [2.05, 4.69) is 0 Å². The Morgan fingerprint density at radius 2 is 2.38 bits per heavy atom. The monoisotopic (exact) mass is 115 g/mol. The number of hydrogen-bond acceptors (Lipinski definition) is 2. The lowest BCUT2D eigenvalue weighted by molar-refractivity contribution is -0.140. The zero-order valence-electron chi connectivity index (χ0n) is 4.72. The average molecular weight is 115 g/mol. The molecule has 0 bridgehead atoms. The van der Waals surface area contributed by atoms with E-state index in [1.54, 1.807) is 0 Å². The summed E-state index contributed by atoms with van der Waals surface area (Å²) < 4.78 is 0. The first-order valence-electron chi connectivity index (χ1n) is 2.59. The van der Waals surface area contributed by atoms with E-state index < -0.39 is 11.5 Å². The third-order valence-corrected chi connectivity index (χ3v) is 1.76. The van der Waals surface area contributed by atoms with Crippen LogP contribution in [0.4, 0.5) is 0 Å². The van der Waals surface area contributed by atoms with Crippen molar-refractivity contribution in [2.24, 2.45) is 11.7 Å². The first kappa shape index (κ1) is 5.56. The van der Waals surface area contributed by atoms with Gasteiger partial charge in [-0.05, 0) is 12.3 Å². The lowest BCUT2D eigenvalue weighted by Gasteiger charge is -1.98. The molecule has 1 aliphatic rings. The fourth-order valence-electron chi connectivity index (χ4n) is 0.746. The van der Waals surface area contributed by atoms with Gasteiger partial charge in [-0.2, -0.15) is 0 Å². The summed E-state index contributed by atoms with van der Waals surface area (Å²) in [7, 11) is 0. The Hall–Kier alpha value is -0.570. The summed E-state index contributed by atoms with van der Waals surface area (Å²) in [6.45, 7) is 1.84. The van der Waals surface area contributed by atoms with E-state index in [-0.39, 0.29) is 5.92 Å². The third-order valence-electron chi connectivity index (χ3n) is 1.76. The predicted octanol–water partition coefficient (Wildman–Crippen LogP) is -0.192. The van der Waals surface area contributed by atoms with Crippen LogP contribution >= 0.6 is 0 Å². The summed E-state index contributed by atoms with van der Waals surface area (Å²) in [6.07, 6.45) is 0.627. The summed E-state index contributed by atoms with van der Waals surface area (Å²) in [5, 5.41) is 8.36. The average Bonchev–Trinajstić information content (AvgIpc) is 2.17. The minimum absolute atomic E-state index is 0.167. The molecule has 0 unspecified atom stereocenters. The third kappa shape index (κ3) is 0.512. The zero-order chi connectivity index (χ0) is 6.36. The van der Waals surface area contributed by atoms with Crippen molar-refractivity contribution in [2.75, 3.05) is 0 Å². The molecule has 46 valence electrons. The van der Waals surface area contributed by atoms with Gasteiger partial charge in [0.2, 0.25) is 0 Å². The number of hydrogen-bond donors (Lipinski definition) is 2. The summed E-state index contributed by atoms with van der Waals surface area (Å²) in [5.41, 5.74) is 4.46. The number of carboxylic acid groups (broad SMARTS) is 1. The summed E-state index contributed by atoms with van der Waals surface area (Å²) in [5.74, 6) is -0.704. The molecule has 8 heavy (non-hydrogen) atoms. The molecule has 0 spiro atoms. The summed E-state index contributed by atoms with van der Waals surface area (Å²) in [6, 6.07) is 0. The number of carbonyl (C=O) groups is 1. The van der Waals surface area contributed by atoms with Crippen molar-refractivity contribution in [3.8, 4) is 0 Å². The maximum absolute atomic E-state index is 10.2. The molecule has 1 aliphatic carbocycles. The Morgan fingerprint density at radius 3 is 2.38 bits per heavy atom. The predicted molar refractivity (Wildman–Crippen MR) is 28.3 cm³/mol. The summed E-state index contributed by atoms with van der Waals surface area (Å²) in [4.78, 5) is 10.2. The molecule has 1 saturated carbocycles. The Kier molecular flexibility index (Phi) is 0.854. The number of carboxylic acids is 1. The van der Waals surface area contributed by atoms with Crippen molar-refractivity contribution < 1.29 is 9.90 Å². The number of aliphatic carboxylic acids is 1. The van der Waals surface area contributed by atoms with Crippen molar-refractivity contribution in [1.82, 2.24) is 0 Å². The molecule has 3 heteroatoms. The maximum atomic E-state index is 10.2. The van der Waals surface area contributed by atoms with Crippen LogP contribution in [0.1, 0.15) is 13.3 Å². The normalized spacial score (nSPS) is 44.0. The van der Waals surface area contributed by atoms with Crippen LogP contribution in [0.25, 0.3) is 0 Å². The van der Waals surface area contributed by atoms with E-state index in [4.69, 9.17) is 10.8 Å². The molecule has 0 aromatic heterocycles. The molecule has 1 rings (SSSR count). The van der Waals surface area contributed by atoms with Crippen molar-refractivity contribution in [2.45, 2.75) is 18.9 Å². The second-order valence-corrected chi connectivity index (χ2v) is 2.45. The smallest absolute Gasteiger partial charge is 0.323 e. The quantitative estimate of drug-likeness (QED) is 0.497. The highest BCUT2D eigenvalue weighted by molar-refractivity contribution is 5.82. The first-order valence-corrected chi connectivity index (χ1v) is 2.59. The molecule has 0 amide bonds. The van der Waals surface area contributed by atoms with E-state index in [0.29, 0.717) is 6.42 Å². The van der Waals surface area contributed by atoms with Gasteiger partial charge in [0, 0.05) is 0 Å². The van der Waals surface area contributed by atoms with Gasteiger partial charge in [-0.1, -0.05) is 6.92 Å². The van der Waals surface area contributed by atoms with Gasteiger partial charge in [-0.3, -0.25) is 4.79 Å². The standard InChI is InChI=1S/C5H9NO2/c1-3-2-5(3,6)4(7)8/h3H,2,6H2,1H3,(H,7,8)/t3-,5+/m1/s1.